The minimum absolute atomic E-state index is 0.0858. The highest BCUT2D eigenvalue weighted by atomic mass is 19.4. The molecular weight excluding hydrogens is 672 g/mol. The predicted molar refractivity (Wildman–Crippen MR) is 189 cm³/mol. The molecule has 0 radical (unpaired) electrons. The minimum Gasteiger partial charge on any atom is -0.496 e. The van der Waals surface area contributed by atoms with Crippen molar-refractivity contribution in [1.82, 2.24) is 9.97 Å². The first-order valence-corrected chi connectivity index (χ1v) is 15.6. The second kappa shape index (κ2) is 15.1. The number of alkyl halides is 3. The van der Waals surface area contributed by atoms with Crippen LogP contribution in [0, 0.1) is 15.9 Å². The number of benzene rings is 3. The summed E-state index contributed by atoms with van der Waals surface area (Å²) >= 11 is 0. The molecule has 5 aromatic rings. The van der Waals surface area contributed by atoms with Gasteiger partial charge >= 0.3 is 6.18 Å². The van der Waals surface area contributed by atoms with Crippen LogP contribution < -0.4 is 20.3 Å². The van der Waals surface area contributed by atoms with Gasteiger partial charge in [-0.1, -0.05) is 26.0 Å². The van der Waals surface area contributed by atoms with Crippen LogP contribution in [0.25, 0.3) is 21.8 Å². The lowest BCUT2D eigenvalue weighted by Crippen LogP contribution is -2.53. The van der Waals surface area contributed by atoms with Gasteiger partial charge in [0.1, 0.15) is 23.2 Å². The number of nitro groups is 1. The first kappa shape index (κ1) is 38.2. The molecule has 0 fully saturated rings. The summed E-state index contributed by atoms with van der Waals surface area (Å²) < 4.78 is 61.8. The fourth-order valence-electron chi connectivity index (χ4n) is 5.62. The number of anilines is 3. The van der Waals surface area contributed by atoms with Gasteiger partial charge in [-0.25, -0.2) is 14.4 Å². The molecule has 0 saturated carbocycles. The summed E-state index contributed by atoms with van der Waals surface area (Å²) in [5, 5.41) is 28.3. The topological polar surface area (TPSA) is 143 Å². The summed E-state index contributed by atoms with van der Waals surface area (Å²) in [4.78, 5) is 32.0. The molecule has 270 valence electrons. The van der Waals surface area contributed by atoms with Crippen LogP contribution in [-0.2, 0) is 10.2 Å². The molecule has 0 aliphatic carbocycles. The average molecular weight is 711 g/mol. The summed E-state index contributed by atoms with van der Waals surface area (Å²) in [6, 6.07) is 20.0. The van der Waals surface area contributed by atoms with Crippen molar-refractivity contribution in [2.24, 2.45) is 0 Å². The van der Waals surface area contributed by atoms with E-state index in [9.17, 15) is 37.6 Å². The van der Waals surface area contributed by atoms with Gasteiger partial charge in [0.15, 0.2) is 5.60 Å². The van der Waals surface area contributed by atoms with E-state index < -0.39 is 40.9 Å². The maximum absolute atomic E-state index is 14.2. The second-order valence-corrected chi connectivity index (χ2v) is 12.5. The number of nitro benzene ring substituents is 1. The van der Waals surface area contributed by atoms with Crippen molar-refractivity contribution in [1.29, 1.82) is 0 Å². The number of aromatic nitrogens is 2. The molecule has 0 aliphatic heterocycles. The lowest BCUT2D eigenvalue weighted by Gasteiger charge is -2.38. The number of pyridine rings is 2. The SMILES string of the molecule is CNc1ccc2c([N+](=O)[O-])cccc2n1.COc1ccc(F)cc1C(C)(C)CC(O)(CNc1cccc2nc(N(C)C(C)=O)ccc12)C(F)(F)F. The van der Waals surface area contributed by atoms with Crippen molar-refractivity contribution in [3.63, 3.8) is 0 Å². The Hall–Kier alpha value is -5.57. The van der Waals surface area contributed by atoms with E-state index in [1.165, 1.54) is 44.9 Å². The van der Waals surface area contributed by atoms with Gasteiger partial charge < -0.3 is 25.4 Å². The van der Waals surface area contributed by atoms with Crippen molar-refractivity contribution in [3.8, 4) is 5.75 Å². The number of non-ortho nitro benzene ring substituents is 1. The smallest absolute Gasteiger partial charge is 0.418 e. The number of amides is 1. The average Bonchev–Trinajstić information content (AvgIpc) is 3.09. The number of rotatable bonds is 10. The molecule has 1 amide bonds. The van der Waals surface area contributed by atoms with E-state index in [1.807, 2.05) is 0 Å². The van der Waals surface area contributed by atoms with Gasteiger partial charge in [0.05, 0.1) is 35.0 Å². The standard InChI is InChI=1S/C26H29F4N3O3.C10H9N3O2/c1-16(34)33(4)23-12-10-18-20(7-6-8-21(18)32-23)31-15-25(35,26(28,29)30)14-24(2,3)19-13-17(27)9-11-22(19)36-5;1-11-10-6-5-7-8(12-10)3-2-4-9(7)13(14)15/h6-13,31,35H,14-15H2,1-5H3;2-6H,1H3,(H,11,12). The number of aliphatic hydroxyl groups is 1. The molecular formula is C36H38F4N6O5. The Morgan fingerprint density at radius 1 is 0.980 bits per heavy atom. The third-order valence-electron chi connectivity index (χ3n) is 8.42. The van der Waals surface area contributed by atoms with E-state index in [4.69, 9.17) is 4.74 Å². The maximum Gasteiger partial charge on any atom is 0.418 e. The molecule has 15 heteroatoms. The first-order chi connectivity index (χ1) is 23.9. The number of halogens is 4. The van der Waals surface area contributed by atoms with E-state index in [0.717, 1.165) is 12.1 Å². The Labute approximate surface area is 291 Å². The number of ether oxygens (including phenoxy) is 1. The number of methoxy groups -OCH3 is 1. The fraction of sp³-hybridized carbons (Fsp3) is 0.306. The van der Waals surface area contributed by atoms with Crippen molar-refractivity contribution in [2.45, 2.75) is 44.4 Å². The Bertz CT molecular complexity index is 2060. The van der Waals surface area contributed by atoms with E-state index in [-0.39, 0.29) is 22.9 Å². The third kappa shape index (κ3) is 8.60. The molecule has 5 rings (SSSR count). The van der Waals surface area contributed by atoms with E-state index in [1.54, 1.807) is 68.7 Å². The maximum atomic E-state index is 14.2. The van der Waals surface area contributed by atoms with Gasteiger partial charge in [0.2, 0.25) is 5.91 Å². The van der Waals surface area contributed by atoms with Crippen LogP contribution in [0.2, 0.25) is 0 Å². The van der Waals surface area contributed by atoms with Gasteiger partial charge in [-0.3, -0.25) is 14.9 Å². The first-order valence-electron chi connectivity index (χ1n) is 15.6. The number of hydrogen-bond acceptors (Lipinski definition) is 9. The summed E-state index contributed by atoms with van der Waals surface area (Å²) in [5.41, 5.74) is -2.74. The Morgan fingerprint density at radius 3 is 2.24 bits per heavy atom. The predicted octanol–water partition coefficient (Wildman–Crippen LogP) is 7.62. The molecule has 0 saturated heterocycles. The van der Waals surface area contributed by atoms with Crippen LogP contribution in [0.4, 0.5) is 40.6 Å². The van der Waals surface area contributed by atoms with E-state index in [0.29, 0.717) is 39.1 Å². The molecule has 2 aromatic heterocycles. The molecule has 3 N–H and O–H groups in total. The van der Waals surface area contributed by atoms with Gasteiger partial charge in [-0.05, 0) is 72.5 Å². The number of nitrogens with zero attached hydrogens (tertiary/aromatic N) is 4. The number of nitrogens with one attached hydrogen (secondary N) is 2. The third-order valence-corrected chi connectivity index (χ3v) is 8.42. The summed E-state index contributed by atoms with van der Waals surface area (Å²) in [7, 11) is 4.67. The van der Waals surface area contributed by atoms with Crippen LogP contribution in [0.5, 0.6) is 5.75 Å². The van der Waals surface area contributed by atoms with Crippen LogP contribution in [-0.4, -0.2) is 65.4 Å². The number of carbonyl (C=O) groups excluding carboxylic acids is 1. The lowest BCUT2D eigenvalue weighted by molar-refractivity contribution is -0.383. The molecule has 0 spiro atoms. The van der Waals surface area contributed by atoms with Crippen molar-refractivity contribution >= 4 is 50.7 Å². The Morgan fingerprint density at radius 2 is 1.63 bits per heavy atom. The molecule has 51 heavy (non-hydrogen) atoms. The molecule has 0 aliphatic rings. The molecule has 1 unspecified atom stereocenters. The lowest BCUT2D eigenvalue weighted by atomic mass is 9.74. The summed E-state index contributed by atoms with van der Waals surface area (Å²) in [6.07, 6.45) is -5.75. The zero-order valence-electron chi connectivity index (χ0n) is 28.8. The minimum atomic E-state index is -4.99. The second-order valence-electron chi connectivity index (χ2n) is 12.5. The van der Waals surface area contributed by atoms with Crippen molar-refractivity contribution < 1.29 is 37.1 Å². The molecule has 0 bridgehead atoms. The number of hydrogen-bond donors (Lipinski definition) is 3. The monoisotopic (exact) mass is 710 g/mol. The molecule has 3 aromatic carbocycles. The molecule has 2 heterocycles. The van der Waals surface area contributed by atoms with Crippen LogP contribution in [0.1, 0.15) is 32.8 Å². The largest absolute Gasteiger partial charge is 0.496 e. The van der Waals surface area contributed by atoms with Gasteiger partial charge in [0.25, 0.3) is 5.69 Å². The van der Waals surface area contributed by atoms with Gasteiger partial charge in [-0.15, -0.1) is 0 Å². The zero-order valence-corrected chi connectivity index (χ0v) is 28.8. The van der Waals surface area contributed by atoms with E-state index >= 15 is 0 Å². The molecule has 11 nitrogen and oxygen atoms in total. The molecule has 1 atom stereocenters. The number of carbonyl (C=O) groups is 1. The normalized spacial score (nSPS) is 12.8. The quantitative estimate of drug-likeness (QED) is 0.0758. The highest BCUT2D eigenvalue weighted by molar-refractivity contribution is 5.95. The Balaban J connectivity index is 0.000000322. The fourth-order valence-corrected chi connectivity index (χ4v) is 5.62. The Kier molecular flexibility index (Phi) is 11.3. The highest BCUT2D eigenvalue weighted by Gasteiger charge is 2.56. The number of fused-ring (bicyclic) bond motifs is 2. The van der Waals surface area contributed by atoms with Crippen LogP contribution in [0.3, 0.4) is 0 Å². The van der Waals surface area contributed by atoms with Gasteiger partial charge in [-0.2, -0.15) is 13.2 Å². The highest BCUT2D eigenvalue weighted by Crippen LogP contribution is 2.44. The van der Waals surface area contributed by atoms with Crippen molar-refractivity contribution in [2.75, 3.05) is 43.3 Å². The summed E-state index contributed by atoms with van der Waals surface area (Å²) in [6.45, 7) is 3.53. The van der Waals surface area contributed by atoms with Crippen molar-refractivity contribution in [3.05, 3.63) is 100 Å². The van der Waals surface area contributed by atoms with Crippen LogP contribution >= 0.6 is 0 Å². The van der Waals surface area contributed by atoms with E-state index in [2.05, 4.69) is 20.6 Å². The summed E-state index contributed by atoms with van der Waals surface area (Å²) in [5.74, 6) is 0.479. The van der Waals surface area contributed by atoms with Crippen LogP contribution in [0.15, 0.2) is 78.9 Å². The zero-order chi connectivity index (χ0) is 37.7. The van der Waals surface area contributed by atoms with Gasteiger partial charge in [0, 0.05) is 43.7 Å².